The lowest BCUT2D eigenvalue weighted by Crippen LogP contribution is -2.33. The van der Waals surface area contributed by atoms with Crippen molar-refractivity contribution in [1.29, 1.82) is 0 Å². The molecule has 0 radical (unpaired) electrons. The standard InChI is InChI=1S/C21H23FN2O3S.ClH/c1-23-11-16-12-24(13-19(16)21(23)15-3-2-4-17(22)9-15)28(25,26)18-5-6-20-14(10-18)7-8-27-20;/h2-6,9-10,16,19,21H,7-8,11-13H2,1H3;1H/t16-,19+,21-;/m0./s1. The van der Waals surface area contributed by atoms with E-state index in [0.717, 1.165) is 29.8 Å². The average Bonchev–Trinajstić information content (AvgIpc) is 3.34. The first-order valence-electron chi connectivity index (χ1n) is 9.65. The van der Waals surface area contributed by atoms with Crippen LogP contribution in [0.5, 0.6) is 5.75 Å². The second-order valence-corrected chi connectivity index (χ2v) is 9.99. The zero-order valence-corrected chi connectivity index (χ0v) is 17.8. The molecule has 5 nitrogen and oxygen atoms in total. The molecule has 3 atom stereocenters. The summed E-state index contributed by atoms with van der Waals surface area (Å²) in [5.41, 5.74) is 1.88. The van der Waals surface area contributed by atoms with E-state index in [1.807, 2.05) is 13.1 Å². The lowest BCUT2D eigenvalue weighted by molar-refractivity contribution is 0.260. The van der Waals surface area contributed by atoms with Gasteiger partial charge in [0.25, 0.3) is 0 Å². The molecule has 0 unspecified atom stereocenters. The fourth-order valence-electron chi connectivity index (χ4n) is 5.08. The summed E-state index contributed by atoms with van der Waals surface area (Å²) in [6.45, 7) is 2.40. The van der Waals surface area contributed by atoms with Gasteiger partial charge in [-0.1, -0.05) is 12.1 Å². The predicted octanol–water partition coefficient (Wildman–Crippen LogP) is 3.11. The largest absolute Gasteiger partial charge is 0.493 e. The predicted molar refractivity (Wildman–Crippen MR) is 110 cm³/mol. The molecule has 0 N–H and O–H groups in total. The Morgan fingerprint density at radius 2 is 1.93 bits per heavy atom. The van der Waals surface area contributed by atoms with E-state index < -0.39 is 10.0 Å². The van der Waals surface area contributed by atoms with Crippen LogP contribution in [-0.2, 0) is 16.4 Å². The molecule has 2 saturated heterocycles. The molecule has 0 aliphatic carbocycles. The fourth-order valence-corrected chi connectivity index (χ4v) is 6.66. The number of hydrogen-bond acceptors (Lipinski definition) is 4. The van der Waals surface area contributed by atoms with Crippen molar-refractivity contribution in [1.82, 2.24) is 9.21 Å². The number of hydrogen-bond donors (Lipinski definition) is 0. The summed E-state index contributed by atoms with van der Waals surface area (Å²) >= 11 is 0. The molecule has 0 saturated carbocycles. The molecule has 3 aliphatic rings. The van der Waals surface area contributed by atoms with Crippen LogP contribution in [0.4, 0.5) is 4.39 Å². The summed E-state index contributed by atoms with van der Waals surface area (Å²) in [6, 6.07) is 11.9. The Balaban J connectivity index is 0.00000205. The van der Waals surface area contributed by atoms with Crippen LogP contribution in [0.3, 0.4) is 0 Å². The third kappa shape index (κ3) is 3.44. The number of fused-ring (bicyclic) bond motifs is 2. The molecule has 0 bridgehead atoms. The first kappa shape index (κ1) is 20.6. The number of nitrogens with zero attached hydrogens (tertiary/aromatic N) is 2. The van der Waals surface area contributed by atoms with Crippen molar-refractivity contribution in [3.63, 3.8) is 0 Å². The highest BCUT2D eigenvalue weighted by atomic mass is 35.5. The Hall–Kier alpha value is -1.67. The molecular formula is C21H24ClFN2O3S. The summed E-state index contributed by atoms with van der Waals surface area (Å²) in [6.07, 6.45) is 0.746. The zero-order chi connectivity index (χ0) is 19.5. The zero-order valence-electron chi connectivity index (χ0n) is 16.1. The minimum absolute atomic E-state index is 0. The van der Waals surface area contributed by atoms with Crippen LogP contribution in [0.2, 0.25) is 0 Å². The van der Waals surface area contributed by atoms with Crippen LogP contribution >= 0.6 is 12.4 Å². The molecule has 0 spiro atoms. The van der Waals surface area contributed by atoms with E-state index in [4.69, 9.17) is 4.74 Å². The summed E-state index contributed by atoms with van der Waals surface area (Å²) in [5.74, 6) is 0.951. The van der Waals surface area contributed by atoms with Crippen molar-refractivity contribution >= 4 is 22.4 Å². The van der Waals surface area contributed by atoms with Crippen LogP contribution in [-0.4, -0.2) is 50.9 Å². The van der Waals surface area contributed by atoms with Gasteiger partial charge >= 0.3 is 0 Å². The summed E-state index contributed by atoms with van der Waals surface area (Å²) in [7, 11) is -1.51. The maximum atomic E-state index is 13.8. The van der Waals surface area contributed by atoms with Gasteiger partial charge in [-0.05, 0) is 60.3 Å². The molecule has 3 aliphatic heterocycles. The number of benzene rings is 2. The van der Waals surface area contributed by atoms with Gasteiger partial charge in [-0.25, -0.2) is 12.8 Å². The highest BCUT2D eigenvalue weighted by Gasteiger charge is 2.49. The first-order chi connectivity index (χ1) is 13.4. The normalized spacial score (nSPS) is 26.6. The third-order valence-electron chi connectivity index (χ3n) is 6.35. The number of likely N-dealkylation sites (tertiary alicyclic amines) is 1. The van der Waals surface area contributed by atoms with Gasteiger partial charge in [0.15, 0.2) is 0 Å². The molecule has 2 aromatic rings. The first-order valence-corrected chi connectivity index (χ1v) is 11.1. The minimum Gasteiger partial charge on any atom is -0.493 e. The van der Waals surface area contributed by atoms with Gasteiger partial charge in [-0.3, -0.25) is 4.90 Å². The van der Waals surface area contributed by atoms with Crippen molar-refractivity contribution in [2.24, 2.45) is 11.8 Å². The van der Waals surface area contributed by atoms with Crippen LogP contribution in [0.1, 0.15) is 17.2 Å². The molecule has 2 aromatic carbocycles. The molecule has 3 heterocycles. The number of halogens is 2. The Morgan fingerprint density at radius 3 is 2.72 bits per heavy atom. The van der Waals surface area contributed by atoms with Gasteiger partial charge in [-0.15, -0.1) is 12.4 Å². The van der Waals surface area contributed by atoms with E-state index in [-0.39, 0.29) is 36.1 Å². The molecule has 29 heavy (non-hydrogen) atoms. The highest BCUT2D eigenvalue weighted by Crippen LogP contribution is 2.45. The lowest BCUT2D eigenvalue weighted by atomic mass is 9.89. The van der Waals surface area contributed by atoms with E-state index in [1.54, 1.807) is 34.6 Å². The number of rotatable bonds is 3. The Labute approximate surface area is 176 Å². The van der Waals surface area contributed by atoms with Crippen LogP contribution in [0.15, 0.2) is 47.4 Å². The lowest BCUT2D eigenvalue weighted by Gasteiger charge is -2.26. The molecular weight excluding hydrogens is 415 g/mol. The van der Waals surface area contributed by atoms with Gasteiger partial charge in [0.1, 0.15) is 11.6 Å². The van der Waals surface area contributed by atoms with E-state index in [0.29, 0.717) is 24.6 Å². The third-order valence-corrected chi connectivity index (χ3v) is 8.18. The van der Waals surface area contributed by atoms with Gasteiger partial charge < -0.3 is 4.74 Å². The van der Waals surface area contributed by atoms with E-state index in [2.05, 4.69) is 4.90 Å². The minimum atomic E-state index is -3.55. The molecule has 156 valence electrons. The second-order valence-electron chi connectivity index (χ2n) is 8.05. The van der Waals surface area contributed by atoms with Crippen LogP contribution in [0, 0.1) is 17.7 Å². The SMILES string of the molecule is CN1C[C@H]2CN(S(=O)(=O)c3ccc4c(c3)CCO4)C[C@H]2[C@@H]1c1cccc(F)c1.Cl. The van der Waals surface area contributed by atoms with Gasteiger partial charge in [0, 0.05) is 32.1 Å². The van der Waals surface area contributed by atoms with Crippen molar-refractivity contribution < 1.29 is 17.5 Å². The maximum absolute atomic E-state index is 13.8. The van der Waals surface area contributed by atoms with Crippen molar-refractivity contribution in [2.75, 3.05) is 33.3 Å². The van der Waals surface area contributed by atoms with Crippen molar-refractivity contribution in [3.8, 4) is 5.75 Å². The second kappa shape index (κ2) is 7.54. The molecule has 0 aromatic heterocycles. The smallest absolute Gasteiger partial charge is 0.243 e. The monoisotopic (exact) mass is 438 g/mol. The summed E-state index contributed by atoms with van der Waals surface area (Å²) < 4.78 is 47.4. The topological polar surface area (TPSA) is 49.9 Å². The summed E-state index contributed by atoms with van der Waals surface area (Å²) in [4.78, 5) is 2.56. The van der Waals surface area contributed by atoms with Gasteiger partial charge in [0.2, 0.25) is 10.0 Å². The highest BCUT2D eigenvalue weighted by molar-refractivity contribution is 7.89. The van der Waals surface area contributed by atoms with E-state index >= 15 is 0 Å². The van der Waals surface area contributed by atoms with Crippen molar-refractivity contribution in [2.45, 2.75) is 17.4 Å². The average molecular weight is 439 g/mol. The van der Waals surface area contributed by atoms with Gasteiger partial charge in [0.05, 0.1) is 11.5 Å². The Kier molecular flexibility index (Phi) is 5.36. The van der Waals surface area contributed by atoms with E-state index in [9.17, 15) is 12.8 Å². The van der Waals surface area contributed by atoms with Crippen molar-refractivity contribution in [3.05, 3.63) is 59.4 Å². The summed E-state index contributed by atoms with van der Waals surface area (Å²) in [5, 5.41) is 0. The Morgan fingerprint density at radius 1 is 1.10 bits per heavy atom. The van der Waals surface area contributed by atoms with Crippen LogP contribution < -0.4 is 4.74 Å². The molecule has 2 fully saturated rings. The number of ether oxygens (including phenoxy) is 1. The maximum Gasteiger partial charge on any atom is 0.243 e. The van der Waals surface area contributed by atoms with Gasteiger partial charge in [-0.2, -0.15) is 4.31 Å². The fraction of sp³-hybridized carbons (Fsp3) is 0.429. The van der Waals surface area contributed by atoms with E-state index in [1.165, 1.54) is 6.07 Å². The quantitative estimate of drug-likeness (QED) is 0.738. The Bertz CT molecular complexity index is 1030. The molecule has 0 amide bonds. The number of sulfonamides is 1. The molecule has 8 heteroatoms. The molecule has 5 rings (SSSR count). The van der Waals surface area contributed by atoms with Crippen LogP contribution in [0.25, 0.3) is 0 Å².